The van der Waals surface area contributed by atoms with Gasteiger partial charge in [-0.2, -0.15) is 0 Å². The van der Waals surface area contributed by atoms with Crippen molar-refractivity contribution < 1.29 is 19.1 Å². The Bertz CT molecular complexity index is 467. The number of carbonyl (C=O) groups is 2. The summed E-state index contributed by atoms with van der Waals surface area (Å²) in [4.78, 5) is 22.7. The van der Waals surface area contributed by atoms with Crippen molar-refractivity contribution in [3.63, 3.8) is 0 Å². The van der Waals surface area contributed by atoms with Crippen molar-refractivity contribution in [1.82, 2.24) is 0 Å². The van der Waals surface area contributed by atoms with Crippen LogP contribution in [0.4, 0.5) is 4.39 Å². The summed E-state index contributed by atoms with van der Waals surface area (Å²) in [5, 5.41) is 8.86. The van der Waals surface area contributed by atoms with Gasteiger partial charge in [-0.1, -0.05) is 19.1 Å². The van der Waals surface area contributed by atoms with Crippen LogP contribution in [0.25, 0.3) is 0 Å². The van der Waals surface area contributed by atoms with Crippen molar-refractivity contribution in [1.29, 1.82) is 0 Å². The number of ketones is 1. The van der Waals surface area contributed by atoms with E-state index in [-0.39, 0.29) is 12.2 Å². The van der Waals surface area contributed by atoms with Crippen LogP contribution in [0, 0.1) is 17.7 Å². The van der Waals surface area contributed by atoms with Gasteiger partial charge in [-0.25, -0.2) is 4.39 Å². The van der Waals surface area contributed by atoms with E-state index in [2.05, 4.69) is 0 Å². The number of carboxylic acids is 1. The van der Waals surface area contributed by atoms with Crippen LogP contribution >= 0.6 is 0 Å². The predicted octanol–water partition coefficient (Wildman–Crippen LogP) is 1.90. The van der Waals surface area contributed by atoms with Crippen molar-refractivity contribution in [3.8, 4) is 0 Å². The van der Waals surface area contributed by atoms with E-state index >= 15 is 0 Å². The fourth-order valence-electron chi connectivity index (χ4n) is 2.09. The summed E-state index contributed by atoms with van der Waals surface area (Å²) in [5.41, 5.74) is 0.684. The third kappa shape index (κ3) is 1.50. The molecule has 84 valence electrons. The molecule has 2 rings (SSSR count). The topological polar surface area (TPSA) is 54.4 Å². The average molecular weight is 222 g/mol. The van der Waals surface area contributed by atoms with Crippen molar-refractivity contribution in [3.05, 3.63) is 35.1 Å². The van der Waals surface area contributed by atoms with Crippen LogP contribution in [0.3, 0.4) is 0 Å². The molecule has 0 amide bonds. The van der Waals surface area contributed by atoms with Crippen LogP contribution < -0.4 is 0 Å². The zero-order valence-electron chi connectivity index (χ0n) is 8.74. The fourth-order valence-corrected chi connectivity index (χ4v) is 2.09. The van der Waals surface area contributed by atoms with Crippen LogP contribution in [0.1, 0.15) is 22.8 Å². The molecule has 1 aromatic rings. The molecule has 2 unspecified atom stereocenters. The third-order valence-corrected chi connectivity index (χ3v) is 3.14. The number of aliphatic carboxylic acids is 1. The third-order valence-electron chi connectivity index (χ3n) is 3.14. The van der Waals surface area contributed by atoms with Crippen LogP contribution in [0.15, 0.2) is 18.2 Å². The Balaban J connectivity index is 2.38. The lowest BCUT2D eigenvalue weighted by atomic mass is 9.90. The first-order chi connectivity index (χ1) is 7.52. The summed E-state index contributed by atoms with van der Waals surface area (Å²) in [7, 11) is 0. The highest BCUT2D eigenvalue weighted by Gasteiger charge is 2.38. The number of Topliss-reactive ketones (excluding diaryl/α,β-unsaturated/α-hetero) is 1. The van der Waals surface area contributed by atoms with E-state index < -0.39 is 23.6 Å². The highest BCUT2D eigenvalue weighted by Crippen LogP contribution is 2.33. The molecule has 16 heavy (non-hydrogen) atoms. The quantitative estimate of drug-likeness (QED) is 0.831. The molecule has 1 aromatic carbocycles. The first-order valence-electron chi connectivity index (χ1n) is 5.06. The molecular weight excluding hydrogens is 211 g/mol. The lowest BCUT2D eigenvalue weighted by Crippen LogP contribution is -2.25. The first-order valence-corrected chi connectivity index (χ1v) is 5.06. The second-order valence-electron chi connectivity index (χ2n) is 4.07. The van der Waals surface area contributed by atoms with Crippen LogP contribution in [0.5, 0.6) is 0 Å². The number of hydrogen-bond donors (Lipinski definition) is 1. The largest absolute Gasteiger partial charge is 0.481 e. The molecule has 0 saturated carbocycles. The van der Waals surface area contributed by atoms with E-state index in [1.807, 2.05) is 0 Å². The van der Waals surface area contributed by atoms with Gasteiger partial charge in [0.15, 0.2) is 5.78 Å². The Morgan fingerprint density at radius 1 is 1.56 bits per heavy atom. The molecule has 0 fully saturated rings. The van der Waals surface area contributed by atoms with Crippen molar-refractivity contribution >= 4 is 11.8 Å². The molecule has 0 saturated heterocycles. The minimum Gasteiger partial charge on any atom is -0.481 e. The molecule has 0 aliphatic heterocycles. The standard InChI is InChI=1S/C12H11FO3/c1-6(12(15)16)8-5-9-7(11(8)14)3-2-4-10(9)13/h2-4,6,8H,5H2,1H3,(H,15,16). The number of carboxylic acid groups (broad SMARTS) is 1. The number of benzene rings is 1. The maximum atomic E-state index is 13.4. The molecule has 0 spiro atoms. The summed E-state index contributed by atoms with van der Waals surface area (Å²) < 4.78 is 13.4. The Kier molecular flexibility index (Phi) is 2.50. The number of rotatable bonds is 2. The molecule has 0 radical (unpaired) electrons. The lowest BCUT2D eigenvalue weighted by molar-refractivity contribution is -0.142. The van der Waals surface area contributed by atoms with Crippen LogP contribution in [-0.4, -0.2) is 16.9 Å². The minimum absolute atomic E-state index is 0.189. The van der Waals surface area contributed by atoms with Gasteiger partial charge >= 0.3 is 5.97 Å². The Morgan fingerprint density at radius 3 is 2.81 bits per heavy atom. The SMILES string of the molecule is CC(C(=O)O)C1Cc2c(F)cccc2C1=O. The van der Waals surface area contributed by atoms with Crippen molar-refractivity contribution in [2.75, 3.05) is 0 Å². The second-order valence-corrected chi connectivity index (χ2v) is 4.07. The normalized spacial score (nSPS) is 20.6. The highest BCUT2D eigenvalue weighted by molar-refractivity contribution is 6.04. The van der Waals surface area contributed by atoms with E-state index in [1.165, 1.54) is 19.1 Å². The summed E-state index contributed by atoms with van der Waals surface area (Å²) in [6.45, 7) is 1.48. The smallest absolute Gasteiger partial charge is 0.306 e. The highest BCUT2D eigenvalue weighted by atomic mass is 19.1. The average Bonchev–Trinajstić information content (AvgIpc) is 2.57. The molecule has 4 heteroatoms. The zero-order valence-corrected chi connectivity index (χ0v) is 8.74. The molecule has 0 bridgehead atoms. The number of carbonyl (C=O) groups excluding carboxylic acids is 1. The van der Waals surface area contributed by atoms with E-state index in [0.29, 0.717) is 11.1 Å². The van der Waals surface area contributed by atoms with E-state index in [1.54, 1.807) is 6.07 Å². The minimum atomic E-state index is -1.02. The maximum absolute atomic E-state index is 13.4. The fraction of sp³-hybridized carbons (Fsp3) is 0.333. The van der Waals surface area contributed by atoms with Gasteiger partial charge in [-0.3, -0.25) is 9.59 Å². The molecule has 1 aliphatic carbocycles. The molecular formula is C12H11FO3. The summed E-state index contributed by atoms with van der Waals surface area (Å²) >= 11 is 0. The van der Waals surface area contributed by atoms with Gasteiger partial charge in [0.05, 0.1) is 5.92 Å². The van der Waals surface area contributed by atoms with Gasteiger partial charge < -0.3 is 5.11 Å². The zero-order chi connectivity index (χ0) is 11.9. The number of hydrogen-bond acceptors (Lipinski definition) is 2. The lowest BCUT2D eigenvalue weighted by Gasteiger charge is -2.12. The Hall–Kier alpha value is -1.71. The molecule has 0 heterocycles. The van der Waals surface area contributed by atoms with Crippen molar-refractivity contribution in [2.24, 2.45) is 11.8 Å². The predicted molar refractivity (Wildman–Crippen MR) is 54.7 cm³/mol. The molecule has 1 aliphatic rings. The van der Waals surface area contributed by atoms with Gasteiger partial charge in [-0.15, -0.1) is 0 Å². The summed E-state index contributed by atoms with van der Waals surface area (Å²) in [6, 6.07) is 4.31. The Morgan fingerprint density at radius 2 is 2.25 bits per heavy atom. The molecule has 3 nitrogen and oxygen atoms in total. The van der Waals surface area contributed by atoms with Crippen LogP contribution in [-0.2, 0) is 11.2 Å². The molecule has 0 aromatic heterocycles. The van der Waals surface area contributed by atoms with Gasteiger partial charge in [-0.05, 0) is 18.1 Å². The number of fused-ring (bicyclic) bond motifs is 1. The van der Waals surface area contributed by atoms with Gasteiger partial charge in [0.25, 0.3) is 0 Å². The van der Waals surface area contributed by atoms with E-state index in [0.717, 1.165) is 0 Å². The second kappa shape index (κ2) is 3.70. The monoisotopic (exact) mass is 222 g/mol. The maximum Gasteiger partial charge on any atom is 0.306 e. The van der Waals surface area contributed by atoms with Gasteiger partial charge in [0.2, 0.25) is 0 Å². The summed E-state index contributed by atoms with van der Waals surface area (Å²) in [5.74, 6) is -3.12. The Labute approximate surface area is 91.9 Å². The molecule has 1 N–H and O–H groups in total. The molecule has 2 atom stereocenters. The van der Waals surface area contributed by atoms with Gasteiger partial charge in [0.1, 0.15) is 5.82 Å². The van der Waals surface area contributed by atoms with Crippen LogP contribution in [0.2, 0.25) is 0 Å². The van der Waals surface area contributed by atoms with Crippen molar-refractivity contribution in [2.45, 2.75) is 13.3 Å². The summed E-state index contributed by atoms with van der Waals surface area (Å²) in [6.07, 6.45) is 0.189. The number of halogens is 1. The van der Waals surface area contributed by atoms with E-state index in [9.17, 15) is 14.0 Å². The van der Waals surface area contributed by atoms with E-state index in [4.69, 9.17) is 5.11 Å². The first kappa shape index (κ1) is 10.8. The van der Waals surface area contributed by atoms with Gasteiger partial charge in [0, 0.05) is 11.5 Å².